The normalized spacial score (nSPS) is 15.5. The highest BCUT2D eigenvalue weighted by molar-refractivity contribution is 5.99. The summed E-state index contributed by atoms with van der Waals surface area (Å²) in [5, 5.41) is 4.69. The number of fused-ring (bicyclic) bond motifs is 2. The van der Waals surface area contributed by atoms with Crippen LogP contribution in [0.15, 0.2) is 54.7 Å². The van der Waals surface area contributed by atoms with Gasteiger partial charge in [0, 0.05) is 19.7 Å². The Balaban J connectivity index is 1.59. The second kappa shape index (κ2) is 8.67. The Kier molecular flexibility index (Phi) is 5.56. The number of hydrogen-bond acceptors (Lipinski definition) is 6. The van der Waals surface area contributed by atoms with Crippen molar-refractivity contribution >= 4 is 11.4 Å². The van der Waals surface area contributed by atoms with Crippen molar-refractivity contribution in [1.82, 2.24) is 14.6 Å². The summed E-state index contributed by atoms with van der Waals surface area (Å²) in [6.07, 6.45) is 2.96. The fourth-order valence-electron chi connectivity index (χ4n) is 4.48. The highest BCUT2D eigenvalue weighted by Gasteiger charge is 2.29. The van der Waals surface area contributed by atoms with Gasteiger partial charge in [0.1, 0.15) is 11.5 Å². The lowest BCUT2D eigenvalue weighted by Crippen LogP contribution is -2.21. The summed E-state index contributed by atoms with van der Waals surface area (Å²) in [6, 6.07) is 15.7. The number of hydrogen-bond donors (Lipinski definition) is 0. The summed E-state index contributed by atoms with van der Waals surface area (Å²) in [5.74, 6) is 1.75. The number of ketones is 1. The second-order valence-electron chi connectivity index (χ2n) is 8.15. The summed E-state index contributed by atoms with van der Waals surface area (Å²) in [4.78, 5) is 18.0. The molecule has 2 aromatic heterocycles. The highest BCUT2D eigenvalue weighted by atomic mass is 16.5. The molecule has 0 amide bonds. The van der Waals surface area contributed by atoms with E-state index in [2.05, 4.69) is 0 Å². The monoisotopic (exact) mass is 443 g/mol. The maximum absolute atomic E-state index is 13.0. The van der Waals surface area contributed by atoms with Gasteiger partial charge in [0.05, 0.1) is 43.3 Å². The number of nitrogens with zero attached hydrogens (tertiary/aromatic N) is 3. The van der Waals surface area contributed by atoms with Gasteiger partial charge < -0.3 is 14.2 Å². The first-order valence-corrected chi connectivity index (χ1v) is 10.8. The number of benzene rings is 2. The van der Waals surface area contributed by atoms with Crippen LogP contribution < -0.4 is 9.47 Å². The largest absolute Gasteiger partial charge is 0.497 e. The third-order valence-electron chi connectivity index (χ3n) is 6.18. The van der Waals surface area contributed by atoms with Gasteiger partial charge in [-0.25, -0.2) is 9.50 Å². The molecule has 1 aliphatic carbocycles. The Labute approximate surface area is 191 Å². The molecule has 0 saturated heterocycles. The van der Waals surface area contributed by atoms with E-state index in [0.29, 0.717) is 30.7 Å². The van der Waals surface area contributed by atoms with Crippen LogP contribution in [0.2, 0.25) is 0 Å². The molecule has 33 heavy (non-hydrogen) atoms. The van der Waals surface area contributed by atoms with Crippen molar-refractivity contribution in [3.05, 3.63) is 77.2 Å². The average molecular weight is 444 g/mol. The third kappa shape index (κ3) is 3.85. The van der Waals surface area contributed by atoms with E-state index >= 15 is 0 Å². The smallest absolute Gasteiger partial charge is 0.166 e. The molecule has 1 atom stereocenters. The van der Waals surface area contributed by atoms with Crippen LogP contribution in [0.1, 0.15) is 39.6 Å². The summed E-state index contributed by atoms with van der Waals surface area (Å²) >= 11 is 0. The van der Waals surface area contributed by atoms with E-state index in [4.69, 9.17) is 24.3 Å². The Morgan fingerprint density at radius 1 is 0.939 bits per heavy atom. The molecule has 2 heterocycles. The van der Waals surface area contributed by atoms with E-state index in [9.17, 15) is 4.79 Å². The predicted molar refractivity (Wildman–Crippen MR) is 124 cm³/mol. The zero-order chi connectivity index (χ0) is 22.9. The number of aromatic nitrogens is 3. The Morgan fingerprint density at radius 2 is 1.61 bits per heavy atom. The first-order valence-electron chi connectivity index (χ1n) is 10.8. The molecule has 0 bridgehead atoms. The van der Waals surface area contributed by atoms with Crippen LogP contribution in [-0.2, 0) is 17.8 Å². The molecular formula is C26H25N3O4. The standard InChI is InChI=1S/C26H25N3O4/c1-31-15-23-25(17-6-10-20(33-3)11-7-17)26-27-22-12-18(16-4-8-19(32-2)9-5-16)13-24(30)21(22)14-29(26)28-23/h4-11,14,18H,12-13,15H2,1-3H3. The molecule has 2 aromatic carbocycles. The van der Waals surface area contributed by atoms with Crippen LogP contribution in [0.25, 0.3) is 16.8 Å². The zero-order valence-electron chi connectivity index (χ0n) is 18.9. The SMILES string of the molecule is COCc1nn2cc3c(nc2c1-c1ccc(OC)cc1)CC(c1ccc(OC)cc1)CC3=O. The molecule has 0 radical (unpaired) electrons. The van der Waals surface area contributed by atoms with Crippen molar-refractivity contribution in [2.75, 3.05) is 21.3 Å². The molecule has 7 heteroatoms. The van der Waals surface area contributed by atoms with E-state index in [1.165, 1.54) is 0 Å². The number of carbonyl (C=O) groups excluding carboxylic acids is 1. The number of Topliss-reactive ketones (excluding diaryl/α,β-unsaturated/α-hetero) is 1. The van der Waals surface area contributed by atoms with E-state index in [0.717, 1.165) is 39.6 Å². The molecule has 0 saturated carbocycles. The number of rotatable bonds is 6. The fourth-order valence-corrected chi connectivity index (χ4v) is 4.48. The predicted octanol–water partition coefficient (Wildman–Crippen LogP) is 4.47. The maximum Gasteiger partial charge on any atom is 0.166 e. The molecule has 0 aliphatic heterocycles. The van der Waals surface area contributed by atoms with Gasteiger partial charge in [0.2, 0.25) is 0 Å². The van der Waals surface area contributed by atoms with Crippen LogP contribution >= 0.6 is 0 Å². The van der Waals surface area contributed by atoms with Crippen LogP contribution in [0.5, 0.6) is 11.5 Å². The molecule has 1 aliphatic rings. The molecular weight excluding hydrogens is 418 g/mol. The van der Waals surface area contributed by atoms with E-state index in [1.54, 1.807) is 25.8 Å². The van der Waals surface area contributed by atoms with Crippen LogP contribution in [0.3, 0.4) is 0 Å². The molecule has 5 rings (SSSR count). The lowest BCUT2D eigenvalue weighted by molar-refractivity contribution is 0.0962. The molecule has 0 spiro atoms. The number of ether oxygens (including phenoxy) is 3. The van der Waals surface area contributed by atoms with Crippen molar-refractivity contribution < 1.29 is 19.0 Å². The van der Waals surface area contributed by atoms with Crippen molar-refractivity contribution in [3.8, 4) is 22.6 Å². The van der Waals surface area contributed by atoms with Gasteiger partial charge in [-0.2, -0.15) is 5.10 Å². The van der Waals surface area contributed by atoms with Gasteiger partial charge in [-0.3, -0.25) is 4.79 Å². The van der Waals surface area contributed by atoms with Crippen molar-refractivity contribution in [2.24, 2.45) is 0 Å². The lowest BCUT2D eigenvalue weighted by Gasteiger charge is -2.23. The highest BCUT2D eigenvalue weighted by Crippen LogP contribution is 2.35. The first-order chi connectivity index (χ1) is 16.1. The van der Waals surface area contributed by atoms with E-state index in [-0.39, 0.29) is 11.7 Å². The third-order valence-corrected chi connectivity index (χ3v) is 6.18. The number of methoxy groups -OCH3 is 3. The Hall–Kier alpha value is -3.71. The Bertz CT molecular complexity index is 1310. The van der Waals surface area contributed by atoms with Gasteiger partial charge >= 0.3 is 0 Å². The van der Waals surface area contributed by atoms with Gasteiger partial charge in [-0.05, 0) is 47.7 Å². The van der Waals surface area contributed by atoms with Crippen molar-refractivity contribution in [2.45, 2.75) is 25.4 Å². The molecule has 4 aromatic rings. The Morgan fingerprint density at radius 3 is 2.24 bits per heavy atom. The summed E-state index contributed by atoms with van der Waals surface area (Å²) < 4.78 is 17.7. The van der Waals surface area contributed by atoms with Gasteiger partial charge in [0.15, 0.2) is 11.4 Å². The van der Waals surface area contributed by atoms with Crippen molar-refractivity contribution in [3.63, 3.8) is 0 Å². The molecule has 7 nitrogen and oxygen atoms in total. The summed E-state index contributed by atoms with van der Waals surface area (Å²) in [7, 11) is 4.93. The van der Waals surface area contributed by atoms with Crippen LogP contribution in [0.4, 0.5) is 0 Å². The summed E-state index contributed by atoms with van der Waals surface area (Å²) in [6.45, 7) is 0.345. The average Bonchev–Trinajstić information content (AvgIpc) is 3.20. The summed E-state index contributed by atoms with van der Waals surface area (Å²) in [5.41, 5.74) is 5.92. The van der Waals surface area contributed by atoms with Crippen LogP contribution in [0, 0.1) is 0 Å². The topological polar surface area (TPSA) is 75.0 Å². The molecule has 1 unspecified atom stereocenters. The van der Waals surface area contributed by atoms with Crippen LogP contribution in [-0.4, -0.2) is 41.7 Å². The fraction of sp³-hybridized carbons (Fsp3) is 0.269. The van der Waals surface area contributed by atoms with Gasteiger partial charge in [0.25, 0.3) is 0 Å². The van der Waals surface area contributed by atoms with E-state index in [1.807, 2.05) is 54.7 Å². The van der Waals surface area contributed by atoms with E-state index < -0.39 is 0 Å². The first kappa shape index (κ1) is 21.2. The minimum atomic E-state index is 0.0802. The number of carbonyl (C=O) groups is 1. The molecule has 0 N–H and O–H groups in total. The minimum Gasteiger partial charge on any atom is -0.497 e. The van der Waals surface area contributed by atoms with Gasteiger partial charge in [-0.15, -0.1) is 0 Å². The molecule has 168 valence electrons. The lowest BCUT2D eigenvalue weighted by atomic mass is 9.82. The maximum atomic E-state index is 13.0. The van der Waals surface area contributed by atoms with Gasteiger partial charge in [-0.1, -0.05) is 24.3 Å². The van der Waals surface area contributed by atoms with Crippen molar-refractivity contribution in [1.29, 1.82) is 0 Å². The minimum absolute atomic E-state index is 0.0802. The quantitative estimate of drug-likeness (QED) is 0.438. The second-order valence-corrected chi connectivity index (χ2v) is 8.15. The zero-order valence-corrected chi connectivity index (χ0v) is 18.9. The molecule has 0 fully saturated rings.